The van der Waals surface area contributed by atoms with Crippen LogP contribution in [-0.2, 0) is 0 Å². The number of nitro benzene ring substituents is 2. The van der Waals surface area contributed by atoms with Gasteiger partial charge in [0.15, 0.2) is 23.1 Å². The molecule has 0 saturated carbocycles. The minimum absolute atomic E-state index is 0.137. The van der Waals surface area contributed by atoms with E-state index in [2.05, 4.69) is 36.3 Å². The zero-order chi connectivity index (χ0) is 30.2. The van der Waals surface area contributed by atoms with Crippen LogP contribution >= 0.6 is 0 Å². The Labute approximate surface area is 237 Å². The number of methoxy groups -OCH3 is 1. The van der Waals surface area contributed by atoms with Crippen molar-refractivity contribution in [2.45, 2.75) is 6.92 Å². The van der Waals surface area contributed by atoms with Gasteiger partial charge in [-0.05, 0) is 60.0 Å². The first-order chi connectivity index (χ1) is 20.1. The van der Waals surface area contributed by atoms with Gasteiger partial charge < -0.3 is 20.3 Å². The van der Waals surface area contributed by atoms with Crippen LogP contribution in [0.5, 0.6) is 17.2 Å². The number of hydrazone groups is 2. The maximum atomic E-state index is 10.9. The molecule has 0 radical (unpaired) electrons. The highest BCUT2D eigenvalue weighted by atomic mass is 16.6. The molecule has 0 aliphatic rings. The highest BCUT2D eigenvalue weighted by molar-refractivity contribution is 5.82. The summed E-state index contributed by atoms with van der Waals surface area (Å²) in [4.78, 5) is 29.2. The fourth-order valence-electron chi connectivity index (χ4n) is 3.55. The van der Waals surface area contributed by atoms with Crippen LogP contribution in [0.15, 0.2) is 70.9 Å². The molecule has 0 aliphatic carbocycles. The molecule has 0 atom stereocenters. The molecular formula is C26H23N9O7. The Morgan fingerprint density at radius 2 is 1.33 bits per heavy atom. The van der Waals surface area contributed by atoms with Crippen LogP contribution in [-0.4, -0.2) is 49.6 Å². The lowest BCUT2D eigenvalue weighted by Gasteiger charge is -2.12. The maximum Gasteiger partial charge on any atom is 0.310 e. The second-order valence-corrected chi connectivity index (χ2v) is 8.54. The van der Waals surface area contributed by atoms with Crippen molar-refractivity contribution in [2.24, 2.45) is 10.2 Å². The summed E-state index contributed by atoms with van der Waals surface area (Å²) in [6.45, 7) is 1.91. The van der Waals surface area contributed by atoms with Gasteiger partial charge in [0.25, 0.3) is 0 Å². The Morgan fingerprint density at radius 3 is 1.79 bits per heavy atom. The Morgan fingerprint density at radius 1 is 0.810 bits per heavy atom. The number of ether oxygens (including phenoxy) is 1. The molecule has 3 aromatic carbocycles. The van der Waals surface area contributed by atoms with Gasteiger partial charge in [-0.2, -0.15) is 20.2 Å². The standard InChI is InChI=1S/C26H23N9O7/c1-15-3-8-23(42-2)18(9-15)29-26-30-24(32-27-13-16-4-6-19(34(38)39)21(36)10-16)12-25(31-26)33-28-14-17-5-7-20(35(40)41)22(37)11-17/h3-14,36-37H,1-2H3,(H3,29,30,31,32,33). The molecule has 0 spiro atoms. The zero-order valence-corrected chi connectivity index (χ0v) is 22.0. The number of aromatic nitrogens is 2. The molecule has 0 amide bonds. The SMILES string of the molecule is COc1ccc(C)cc1Nc1nc(NN=Cc2ccc([N+](=O)[O-])c(O)c2)cc(NN=Cc2ccc([N+](=O)[O-])c(O)c2)n1. The predicted molar refractivity (Wildman–Crippen MR) is 155 cm³/mol. The second-order valence-electron chi connectivity index (χ2n) is 8.54. The fourth-order valence-corrected chi connectivity index (χ4v) is 3.55. The van der Waals surface area contributed by atoms with E-state index in [9.17, 15) is 30.4 Å². The number of anilines is 4. The summed E-state index contributed by atoms with van der Waals surface area (Å²) < 4.78 is 5.40. The maximum absolute atomic E-state index is 10.9. The van der Waals surface area contributed by atoms with Crippen LogP contribution in [0.25, 0.3) is 0 Å². The number of aryl methyl sites for hydroxylation is 1. The topological polar surface area (TPSA) is 223 Å². The Kier molecular flexibility index (Phi) is 8.67. The molecule has 5 N–H and O–H groups in total. The monoisotopic (exact) mass is 573 g/mol. The number of hydrogen-bond donors (Lipinski definition) is 5. The molecule has 214 valence electrons. The molecule has 0 bridgehead atoms. The van der Waals surface area contributed by atoms with E-state index in [-0.39, 0.29) is 17.6 Å². The van der Waals surface area contributed by atoms with E-state index in [1.54, 1.807) is 6.07 Å². The lowest BCUT2D eigenvalue weighted by molar-refractivity contribution is -0.386. The number of rotatable bonds is 11. The first-order valence-corrected chi connectivity index (χ1v) is 12.0. The summed E-state index contributed by atoms with van der Waals surface area (Å²) in [5.74, 6) is 0.103. The van der Waals surface area contributed by atoms with E-state index in [1.807, 2.05) is 19.1 Å². The number of benzene rings is 3. The number of hydrogen-bond acceptors (Lipinski definition) is 14. The number of nitro groups is 2. The van der Waals surface area contributed by atoms with E-state index >= 15 is 0 Å². The third-order valence-electron chi connectivity index (χ3n) is 5.51. The highest BCUT2D eigenvalue weighted by Crippen LogP contribution is 2.29. The van der Waals surface area contributed by atoms with Crippen molar-refractivity contribution in [1.82, 2.24) is 9.97 Å². The van der Waals surface area contributed by atoms with Crippen LogP contribution in [0.1, 0.15) is 16.7 Å². The van der Waals surface area contributed by atoms with Crippen molar-refractivity contribution in [3.63, 3.8) is 0 Å². The zero-order valence-electron chi connectivity index (χ0n) is 22.0. The summed E-state index contributed by atoms with van der Waals surface area (Å²) in [5, 5.41) is 52.8. The van der Waals surface area contributed by atoms with E-state index in [0.29, 0.717) is 22.6 Å². The molecule has 0 aliphatic heterocycles. The first kappa shape index (κ1) is 28.7. The van der Waals surface area contributed by atoms with E-state index in [4.69, 9.17) is 4.74 Å². The first-order valence-electron chi connectivity index (χ1n) is 12.0. The van der Waals surface area contributed by atoms with Gasteiger partial charge in [-0.3, -0.25) is 31.1 Å². The molecule has 0 unspecified atom stereocenters. The van der Waals surface area contributed by atoms with Crippen molar-refractivity contribution in [3.05, 3.63) is 97.6 Å². The minimum Gasteiger partial charge on any atom is -0.502 e. The van der Waals surface area contributed by atoms with Gasteiger partial charge in [0.05, 0.1) is 35.1 Å². The van der Waals surface area contributed by atoms with Gasteiger partial charge in [-0.1, -0.05) is 6.07 Å². The van der Waals surface area contributed by atoms with Crippen LogP contribution in [0.3, 0.4) is 0 Å². The summed E-state index contributed by atoms with van der Waals surface area (Å²) in [7, 11) is 1.52. The molecule has 4 rings (SSSR count). The summed E-state index contributed by atoms with van der Waals surface area (Å²) >= 11 is 0. The number of aromatic hydroxyl groups is 2. The number of phenols is 2. The van der Waals surface area contributed by atoms with Crippen molar-refractivity contribution < 1.29 is 24.8 Å². The van der Waals surface area contributed by atoms with E-state index in [0.717, 1.165) is 17.7 Å². The van der Waals surface area contributed by atoms with Gasteiger partial charge in [0.2, 0.25) is 5.95 Å². The van der Waals surface area contributed by atoms with Crippen LogP contribution in [0.4, 0.5) is 34.6 Å². The second kappa shape index (κ2) is 12.7. The number of nitrogens with one attached hydrogen (secondary N) is 3. The fraction of sp³-hybridized carbons (Fsp3) is 0.0769. The quantitative estimate of drug-likeness (QED) is 0.0939. The number of nitrogens with zero attached hydrogens (tertiary/aromatic N) is 6. The van der Waals surface area contributed by atoms with Crippen molar-refractivity contribution >= 4 is 47.1 Å². The molecule has 16 nitrogen and oxygen atoms in total. The average molecular weight is 574 g/mol. The van der Waals surface area contributed by atoms with E-state index < -0.39 is 32.7 Å². The predicted octanol–water partition coefficient (Wildman–Crippen LogP) is 4.66. The van der Waals surface area contributed by atoms with Gasteiger partial charge in [-0.15, -0.1) is 0 Å². The minimum atomic E-state index is -0.700. The number of phenolic OH excluding ortho intramolecular Hbond substituents is 2. The molecule has 0 fully saturated rings. The average Bonchev–Trinajstić information content (AvgIpc) is 2.93. The normalized spacial score (nSPS) is 11.0. The van der Waals surface area contributed by atoms with Crippen LogP contribution < -0.4 is 20.9 Å². The highest BCUT2D eigenvalue weighted by Gasteiger charge is 2.14. The molecule has 1 aromatic heterocycles. The Bertz CT molecular complexity index is 1620. The van der Waals surface area contributed by atoms with Crippen molar-refractivity contribution in [3.8, 4) is 17.2 Å². The molecular weight excluding hydrogens is 550 g/mol. The van der Waals surface area contributed by atoms with E-state index in [1.165, 1.54) is 49.9 Å². The summed E-state index contributed by atoms with van der Waals surface area (Å²) in [6, 6.07) is 14.5. The lowest BCUT2D eigenvalue weighted by atomic mass is 10.2. The summed E-state index contributed by atoms with van der Waals surface area (Å²) in [5.41, 5.74) is 6.92. The third kappa shape index (κ3) is 7.20. The van der Waals surface area contributed by atoms with Gasteiger partial charge in [0, 0.05) is 18.2 Å². The lowest BCUT2D eigenvalue weighted by Crippen LogP contribution is -2.05. The smallest absolute Gasteiger partial charge is 0.310 e. The van der Waals surface area contributed by atoms with Gasteiger partial charge in [-0.25, -0.2) is 0 Å². The largest absolute Gasteiger partial charge is 0.502 e. The Balaban J connectivity index is 1.59. The van der Waals surface area contributed by atoms with Gasteiger partial charge >= 0.3 is 11.4 Å². The van der Waals surface area contributed by atoms with Crippen LogP contribution in [0, 0.1) is 27.2 Å². The summed E-state index contributed by atoms with van der Waals surface area (Å²) in [6.07, 6.45) is 2.66. The molecule has 1 heterocycles. The van der Waals surface area contributed by atoms with Crippen molar-refractivity contribution in [1.29, 1.82) is 0 Å². The molecule has 42 heavy (non-hydrogen) atoms. The van der Waals surface area contributed by atoms with Gasteiger partial charge in [0.1, 0.15) is 5.75 Å². The Hall–Kier alpha value is -6.32. The van der Waals surface area contributed by atoms with Crippen molar-refractivity contribution in [2.75, 3.05) is 23.3 Å². The molecule has 4 aromatic rings. The third-order valence-corrected chi connectivity index (χ3v) is 5.51. The van der Waals surface area contributed by atoms with Crippen LogP contribution in [0.2, 0.25) is 0 Å². The molecule has 0 saturated heterocycles. The molecule has 16 heteroatoms.